The summed E-state index contributed by atoms with van der Waals surface area (Å²) in [4.78, 5) is 3.77. The lowest BCUT2D eigenvalue weighted by Crippen LogP contribution is -1.87. The minimum atomic E-state index is 0.829. The van der Waals surface area contributed by atoms with Crippen molar-refractivity contribution in [3.8, 4) is 0 Å². The van der Waals surface area contributed by atoms with E-state index < -0.39 is 0 Å². The molecule has 1 N–H and O–H groups in total. The van der Waals surface area contributed by atoms with Crippen LogP contribution in [0.1, 0.15) is 0 Å². The third kappa shape index (κ3) is 0.542. The number of hydrogen-bond donors (Lipinski definition) is 1. The highest BCUT2D eigenvalue weighted by atomic mass is 32.2. The zero-order chi connectivity index (χ0) is 4.41. The van der Waals surface area contributed by atoms with Gasteiger partial charge in [-0.2, -0.15) is 0 Å². The Hall–Kier alpha value is -0.440. The first-order chi connectivity index (χ1) is 2.89. The number of rotatable bonds is 0. The van der Waals surface area contributed by atoms with Gasteiger partial charge < -0.3 is 4.72 Å². The summed E-state index contributed by atoms with van der Waals surface area (Å²) in [5.41, 5.74) is 0. The summed E-state index contributed by atoms with van der Waals surface area (Å²) in [6.45, 7) is 3.56. The SMILES string of the molecule is C=C1N=CNS1. The highest BCUT2D eigenvalue weighted by Gasteiger charge is 1.92. The topological polar surface area (TPSA) is 24.4 Å². The normalized spacial score (nSPS) is 18.3. The van der Waals surface area contributed by atoms with Gasteiger partial charge in [-0.15, -0.1) is 0 Å². The molecular formula is C3H4N2S. The molecule has 6 heavy (non-hydrogen) atoms. The molecule has 32 valence electrons. The second-order valence-electron chi connectivity index (χ2n) is 0.872. The van der Waals surface area contributed by atoms with Crippen LogP contribution in [0.2, 0.25) is 0 Å². The predicted molar refractivity (Wildman–Crippen MR) is 28.4 cm³/mol. The van der Waals surface area contributed by atoms with Crippen LogP contribution in [0.5, 0.6) is 0 Å². The molecule has 1 heterocycles. The molecule has 1 aliphatic heterocycles. The van der Waals surface area contributed by atoms with E-state index >= 15 is 0 Å². The maximum absolute atomic E-state index is 3.77. The molecule has 0 amide bonds. The van der Waals surface area contributed by atoms with Crippen LogP contribution in [-0.4, -0.2) is 6.34 Å². The fourth-order valence-electron chi connectivity index (χ4n) is 0.219. The minimum absolute atomic E-state index is 0.829. The predicted octanol–water partition coefficient (Wildman–Crippen LogP) is 0.737. The Morgan fingerprint density at radius 3 is 3.00 bits per heavy atom. The van der Waals surface area contributed by atoms with Crippen molar-refractivity contribution >= 4 is 18.3 Å². The molecule has 2 nitrogen and oxygen atoms in total. The summed E-state index contributed by atoms with van der Waals surface area (Å²) < 4.78 is 2.80. The van der Waals surface area contributed by atoms with Crippen molar-refractivity contribution < 1.29 is 0 Å². The van der Waals surface area contributed by atoms with Gasteiger partial charge in [0.2, 0.25) is 0 Å². The van der Waals surface area contributed by atoms with Crippen molar-refractivity contribution in [1.29, 1.82) is 0 Å². The maximum atomic E-state index is 3.77. The van der Waals surface area contributed by atoms with Gasteiger partial charge in [-0.1, -0.05) is 6.58 Å². The van der Waals surface area contributed by atoms with E-state index in [-0.39, 0.29) is 0 Å². The molecule has 1 aliphatic rings. The highest BCUT2D eigenvalue weighted by Crippen LogP contribution is 2.11. The molecule has 0 aromatic rings. The summed E-state index contributed by atoms with van der Waals surface area (Å²) in [6, 6.07) is 0. The molecule has 0 bridgehead atoms. The van der Waals surface area contributed by atoms with Crippen LogP contribution in [0.25, 0.3) is 0 Å². The molecule has 0 radical (unpaired) electrons. The van der Waals surface area contributed by atoms with E-state index in [0.717, 1.165) is 5.03 Å². The van der Waals surface area contributed by atoms with E-state index in [1.807, 2.05) is 0 Å². The Morgan fingerprint density at radius 1 is 2.00 bits per heavy atom. The van der Waals surface area contributed by atoms with E-state index in [1.165, 1.54) is 11.9 Å². The molecule has 0 unspecified atom stereocenters. The van der Waals surface area contributed by atoms with Gasteiger partial charge in [0, 0.05) is 11.9 Å². The number of hydrogen-bond acceptors (Lipinski definition) is 3. The lowest BCUT2D eigenvalue weighted by atomic mass is 11.0. The van der Waals surface area contributed by atoms with Crippen LogP contribution in [-0.2, 0) is 0 Å². The Morgan fingerprint density at radius 2 is 2.83 bits per heavy atom. The third-order valence-corrected chi connectivity index (χ3v) is 1.00. The van der Waals surface area contributed by atoms with Gasteiger partial charge >= 0.3 is 0 Å². The Labute approximate surface area is 40.5 Å². The van der Waals surface area contributed by atoms with Gasteiger partial charge in [0.15, 0.2) is 0 Å². The first-order valence-corrected chi connectivity index (χ1v) is 2.35. The standard InChI is InChI=1S/C3H4N2S/c1-3-4-2-5-6-3/h2H,1H2,(H,4,5). The Bertz CT molecular complexity index is 97.0. The van der Waals surface area contributed by atoms with E-state index in [9.17, 15) is 0 Å². The van der Waals surface area contributed by atoms with Gasteiger partial charge in [-0.05, 0) is 0 Å². The molecule has 0 atom stereocenters. The van der Waals surface area contributed by atoms with Crippen molar-refractivity contribution in [3.63, 3.8) is 0 Å². The van der Waals surface area contributed by atoms with Crippen molar-refractivity contribution in [3.05, 3.63) is 11.6 Å². The lowest BCUT2D eigenvalue weighted by Gasteiger charge is -1.78. The molecule has 0 saturated heterocycles. The van der Waals surface area contributed by atoms with Crippen LogP contribution >= 0.6 is 11.9 Å². The van der Waals surface area contributed by atoms with Crippen LogP contribution in [0.15, 0.2) is 16.6 Å². The van der Waals surface area contributed by atoms with E-state index in [4.69, 9.17) is 0 Å². The molecule has 0 aliphatic carbocycles. The molecule has 0 spiro atoms. The average molecular weight is 100 g/mol. The molecule has 0 fully saturated rings. The van der Waals surface area contributed by atoms with Crippen molar-refractivity contribution in [2.75, 3.05) is 0 Å². The highest BCUT2D eigenvalue weighted by molar-refractivity contribution is 8.01. The van der Waals surface area contributed by atoms with Crippen molar-refractivity contribution in [2.45, 2.75) is 0 Å². The van der Waals surface area contributed by atoms with Crippen LogP contribution < -0.4 is 4.72 Å². The number of aliphatic imine (C=N–C) groups is 1. The molecule has 0 aromatic carbocycles. The van der Waals surface area contributed by atoms with Crippen LogP contribution in [0, 0.1) is 0 Å². The summed E-state index contributed by atoms with van der Waals surface area (Å²) in [5, 5.41) is 0.829. The van der Waals surface area contributed by atoms with E-state index in [1.54, 1.807) is 6.34 Å². The second kappa shape index (κ2) is 1.34. The zero-order valence-electron chi connectivity index (χ0n) is 3.14. The quantitative estimate of drug-likeness (QED) is 0.454. The molecule has 3 heteroatoms. The Kier molecular flexibility index (Phi) is 0.837. The average Bonchev–Trinajstić information content (AvgIpc) is 1.86. The van der Waals surface area contributed by atoms with E-state index in [0.29, 0.717) is 0 Å². The van der Waals surface area contributed by atoms with E-state index in [2.05, 4.69) is 16.3 Å². The van der Waals surface area contributed by atoms with Crippen molar-refractivity contribution in [1.82, 2.24) is 4.72 Å². The summed E-state index contributed by atoms with van der Waals surface area (Å²) >= 11 is 1.43. The van der Waals surface area contributed by atoms with Crippen molar-refractivity contribution in [2.24, 2.45) is 4.99 Å². The molecule has 0 saturated carbocycles. The molecule has 0 aromatic heterocycles. The minimum Gasteiger partial charge on any atom is -0.315 e. The first-order valence-electron chi connectivity index (χ1n) is 1.53. The second-order valence-corrected chi connectivity index (χ2v) is 1.78. The Balaban J connectivity index is 2.59. The maximum Gasteiger partial charge on any atom is 0.111 e. The fraction of sp³-hybridized carbons (Fsp3) is 0. The smallest absolute Gasteiger partial charge is 0.111 e. The first kappa shape index (κ1) is 3.74. The summed E-state index contributed by atoms with van der Waals surface area (Å²) in [7, 11) is 0. The number of nitrogens with one attached hydrogen (secondary N) is 1. The van der Waals surface area contributed by atoms with Gasteiger partial charge in [-0.25, -0.2) is 4.99 Å². The zero-order valence-corrected chi connectivity index (χ0v) is 3.96. The number of nitrogens with zero attached hydrogens (tertiary/aromatic N) is 1. The van der Waals surface area contributed by atoms with Gasteiger partial charge in [0.05, 0.1) is 6.34 Å². The van der Waals surface area contributed by atoms with Gasteiger partial charge in [0.25, 0.3) is 0 Å². The molecule has 1 rings (SSSR count). The summed E-state index contributed by atoms with van der Waals surface area (Å²) in [5.74, 6) is 0. The molecular weight excluding hydrogens is 96.1 g/mol. The summed E-state index contributed by atoms with van der Waals surface area (Å²) in [6.07, 6.45) is 1.62. The third-order valence-electron chi connectivity index (χ3n) is 0.438. The fourth-order valence-corrected chi connectivity index (χ4v) is 0.566. The van der Waals surface area contributed by atoms with Crippen LogP contribution in [0.3, 0.4) is 0 Å². The van der Waals surface area contributed by atoms with Gasteiger partial charge in [-0.3, -0.25) is 0 Å². The monoisotopic (exact) mass is 100 g/mol. The lowest BCUT2D eigenvalue weighted by molar-refractivity contribution is 1.56. The largest absolute Gasteiger partial charge is 0.315 e. The van der Waals surface area contributed by atoms with Crippen LogP contribution in [0.4, 0.5) is 0 Å². The van der Waals surface area contributed by atoms with Gasteiger partial charge in [0.1, 0.15) is 5.03 Å².